The maximum atomic E-state index is 12.4. The lowest BCUT2D eigenvalue weighted by Gasteiger charge is -2.39. The van der Waals surface area contributed by atoms with Crippen LogP contribution in [0.5, 0.6) is 0 Å². The number of hydrogen-bond donors (Lipinski definition) is 2. The van der Waals surface area contributed by atoms with Gasteiger partial charge in [0.15, 0.2) is 0 Å². The molecule has 0 bridgehead atoms. The van der Waals surface area contributed by atoms with Crippen molar-refractivity contribution in [1.29, 1.82) is 0 Å². The third kappa shape index (κ3) is 3.00. The summed E-state index contributed by atoms with van der Waals surface area (Å²) in [5.74, 6) is 2.11. The van der Waals surface area contributed by atoms with Gasteiger partial charge in [0, 0.05) is 6.54 Å². The van der Waals surface area contributed by atoms with E-state index in [-0.39, 0.29) is 11.4 Å². The van der Waals surface area contributed by atoms with Gasteiger partial charge < -0.3 is 15.5 Å². The molecule has 1 heterocycles. The number of nitrogens with two attached hydrogens (primary N) is 1. The molecule has 1 fully saturated rings. The van der Waals surface area contributed by atoms with Crippen LogP contribution in [0, 0.1) is 19.8 Å². The molecule has 0 saturated heterocycles. The molecule has 2 rings (SSSR count). The molecule has 1 saturated carbocycles. The Balaban J connectivity index is 2.10. The van der Waals surface area contributed by atoms with E-state index in [0.29, 0.717) is 17.9 Å². The molecule has 0 radical (unpaired) electrons. The van der Waals surface area contributed by atoms with Crippen molar-refractivity contribution >= 4 is 5.91 Å². The minimum Gasteiger partial charge on any atom is -0.466 e. The molecule has 4 nitrogen and oxygen atoms in total. The van der Waals surface area contributed by atoms with Crippen LogP contribution in [0.15, 0.2) is 10.5 Å². The van der Waals surface area contributed by atoms with E-state index >= 15 is 0 Å². The molecule has 1 aromatic rings. The standard InChI is InChI=1S/C15H24N2O2/c1-10-4-6-15(9-16,7-5-10)17-14(18)13-8-11(2)19-12(13)3/h8,10H,4-7,9,16H2,1-3H3,(H,17,18). The van der Waals surface area contributed by atoms with Crippen molar-refractivity contribution in [2.24, 2.45) is 11.7 Å². The molecule has 0 aliphatic heterocycles. The van der Waals surface area contributed by atoms with Crippen LogP contribution in [-0.2, 0) is 0 Å². The predicted molar refractivity (Wildman–Crippen MR) is 75.1 cm³/mol. The van der Waals surface area contributed by atoms with Crippen molar-refractivity contribution in [3.05, 3.63) is 23.2 Å². The van der Waals surface area contributed by atoms with E-state index in [1.165, 1.54) is 0 Å². The van der Waals surface area contributed by atoms with Gasteiger partial charge in [0.05, 0.1) is 11.1 Å². The van der Waals surface area contributed by atoms with E-state index in [4.69, 9.17) is 10.2 Å². The van der Waals surface area contributed by atoms with Crippen LogP contribution in [0.25, 0.3) is 0 Å². The second-order valence-corrected chi connectivity index (χ2v) is 5.95. The van der Waals surface area contributed by atoms with Gasteiger partial charge in [0.2, 0.25) is 0 Å². The molecule has 0 unspecified atom stereocenters. The van der Waals surface area contributed by atoms with Gasteiger partial charge in [-0.3, -0.25) is 4.79 Å². The average molecular weight is 264 g/mol. The molecular formula is C15H24N2O2. The number of furan rings is 1. The van der Waals surface area contributed by atoms with E-state index in [2.05, 4.69) is 12.2 Å². The fraction of sp³-hybridized carbons (Fsp3) is 0.667. The molecule has 1 aliphatic carbocycles. The van der Waals surface area contributed by atoms with Crippen LogP contribution >= 0.6 is 0 Å². The number of amides is 1. The van der Waals surface area contributed by atoms with Gasteiger partial charge in [0.1, 0.15) is 11.5 Å². The second kappa shape index (κ2) is 5.37. The van der Waals surface area contributed by atoms with Crippen LogP contribution < -0.4 is 11.1 Å². The molecule has 0 aromatic carbocycles. The van der Waals surface area contributed by atoms with Crippen LogP contribution in [-0.4, -0.2) is 18.0 Å². The molecule has 1 aliphatic rings. The third-order valence-corrected chi connectivity index (χ3v) is 4.29. The summed E-state index contributed by atoms with van der Waals surface area (Å²) in [6.45, 7) is 6.43. The molecular weight excluding hydrogens is 240 g/mol. The summed E-state index contributed by atoms with van der Waals surface area (Å²) in [6, 6.07) is 1.79. The maximum absolute atomic E-state index is 12.4. The summed E-state index contributed by atoms with van der Waals surface area (Å²) < 4.78 is 5.42. The number of carbonyl (C=O) groups is 1. The molecule has 19 heavy (non-hydrogen) atoms. The lowest BCUT2D eigenvalue weighted by atomic mass is 9.77. The Bertz CT molecular complexity index is 457. The molecule has 3 N–H and O–H groups in total. The maximum Gasteiger partial charge on any atom is 0.255 e. The number of hydrogen-bond acceptors (Lipinski definition) is 3. The van der Waals surface area contributed by atoms with E-state index in [1.54, 1.807) is 6.07 Å². The summed E-state index contributed by atoms with van der Waals surface area (Å²) in [5.41, 5.74) is 6.31. The van der Waals surface area contributed by atoms with Crippen molar-refractivity contribution < 1.29 is 9.21 Å². The Morgan fingerprint density at radius 1 is 1.47 bits per heavy atom. The quantitative estimate of drug-likeness (QED) is 0.881. The normalized spacial score (nSPS) is 27.3. The first kappa shape index (κ1) is 14.1. The van der Waals surface area contributed by atoms with Crippen molar-refractivity contribution in [2.75, 3.05) is 6.54 Å². The van der Waals surface area contributed by atoms with E-state index in [9.17, 15) is 4.79 Å². The van der Waals surface area contributed by atoms with Crippen molar-refractivity contribution in [3.63, 3.8) is 0 Å². The zero-order chi connectivity index (χ0) is 14.0. The van der Waals surface area contributed by atoms with Gasteiger partial charge in [-0.2, -0.15) is 0 Å². The highest BCUT2D eigenvalue weighted by Gasteiger charge is 2.35. The average Bonchev–Trinajstić information content (AvgIpc) is 2.72. The van der Waals surface area contributed by atoms with Crippen LogP contribution in [0.2, 0.25) is 0 Å². The molecule has 1 amide bonds. The molecule has 1 aromatic heterocycles. The SMILES string of the molecule is Cc1cc(C(=O)NC2(CN)CCC(C)CC2)c(C)o1. The highest BCUT2D eigenvalue weighted by molar-refractivity contribution is 5.95. The predicted octanol–water partition coefficient (Wildman–Crippen LogP) is 2.53. The first-order valence-corrected chi connectivity index (χ1v) is 7.05. The Morgan fingerprint density at radius 3 is 2.58 bits per heavy atom. The molecule has 106 valence electrons. The Kier molecular flexibility index (Phi) is 3.99. The zero-order valence-corrected chi connectivity index (χ0v) is 12.1. The van der Waals surface area contributed by atoms with Gasteiger partial charge in [-0.1, -0.05) is 6.92 Å². The fourth-order valence-electron chi connectivity index (χ4n) is 2.86. The van der Waals surface area contributed by atoms with Gasteiger partial charge in [-0.15, -0.1) is 0 Å². The first-order chi connectivity index (χ1) is 8.96. The second-order valence-electron chi connectivity index (χ2n) is 5.95. The van der Waals surface area contributed by atoms with E-state index in [0.717, 1.165) is 37.4 Å². The van der Waals surface area contributed by atoms with Crippen LogP contribution in [0.3, 0.4) is 0 Å². The van der Waals surface area contributed by atoms with Gasteiger partial charge in [0.25, 0.3) is 5.91 Å². The van der Waals surface area contributed by atoms with Crippen molar-refractivity contribution in [1.82, 2.24) is 5.32 Å². The monoisotopic (exact) mass is 264 g/mol. The first-order valence-electron chi connectivity index (χ1n) is 7.05. The number of aryl methyl sites for hydroxylation is 2. The number of carbonyl (C=O) groups excluding carboxylic acids is 1. The van der Waals surface area contributed by atoms with E-state index < -0.39 is 0 Å². The minimum absolute atomic E-state index is 0.0608. The highest BCUT2D eigenvalue weighted by atomic mass is 16.3. The summed E-state index contributed by atoms with van der Waals surface area (Å²) in [7, 11) is 0. The topological polar surface area (TPSA) is 68.3 Å². The van der Waals surface area contributed by atoms with Gasteiger partial charge >= 0.3 is 0 Å². The molecule has 0 atom stereocenters. The van der Waals surface area contributed by atoms with Crippen molar-refractivity contribution in [3.8, 4) is 0 Å². The number of rotatable bonds is 3. The summed E-state index contributed by atoms with van der Waals surface area (Å²) >= 11 is 0. The van der Waals surface area contributed by atoms with Crippen molar-refractivity contribution in [2.45, 2.75) is 52.0 Å². The smallest absolute Gasteiger partial charge is 0.255 e. The summed E-state index contributed by atoms with van der Waals surface area (Å²) in [4.78, 5) is 12.4. The Hall–Kier alpha value is -1.29. The van der Waals surface area contributed by atoms with E-state index in [1.807, 2.05) is 13.8 Å². The molecule has 0 spiro atoms. The number of nitrogens with one attached hydrogen (secondary N) is 1. The van der Waals surface area contributed by atoms with Crippen LogP contribution in [0.1, 0.15) is 54.5 Å². The van der Waals surface area contributed by atoms with Crippen LogP contribution in [0.4, 0.5) is 0 Å². The lowest BCUT2D eigenvalue weighted by molar-refractivity contribution is 0.0858. The lowest BCUT2D eigenvalue weighted by Crippen LogP contribution is -2.55. The minimum atomic E-state index is -0.235. The molecule has 4 heteroatoms. The van der Waals surface area contributed by atoms with Gasteiger partial charge in [-0.25, -0.2) is 0 Å². The zero-order valence-electron chi connectivity index (χ0n) is 12.1. The van der Waals surface area contributed by atoms with Gasteiger partial charge in [-0.05, 0) is 51.5 Å². The third-order valence-electron chi connectivity index (χ3n) is 4.29. The Morgan fingerprint density at radius 2 is 2.11 bits per heavy atom. The highest BCUT2D eigenvalue weighted by Crippen LogP contribution is 2.31. The largest absolute Gasteiger partial charge is 0.466 e. The summed E-state index contributed by atoms with van der Waals surface area (Å²) in [6.07, 6.45) is 4.18. The Labute approximate surface area is 114 Å². The fourth-order valence-corrected chi connectivity index (χ4v) is 2.86. The summed E-state index contributed by atoms with van der Waals surface area (Å²) in [5, 5.41) is 3.15.